The third-order valence-corrected chi connectivity index (χ3v) is 6.57. The van der Waals surface area contributed by atoms with Crippen LogP contribution in [0.4, 0.5) is 0 Å². The van der Waals surface area contributed by atoms with E-state index >= 15 is 0 Å². The molecule has 0 amide bonds. The number of hydrogen-bond donors (Lipinski definition) is 0. The summed E-state index contributed by atoms with van der Waals surface area (Å²) in [5.74, 6) is -2.81. The summed E-state index contributed by atoms with van der Waals surface area (Å²) in [6, 6.07) is 17.7. The van der Waals surface area contributed by atoms with Gasteiger partial charge in [0.05, 0.1) is 7.11 Å². The number of rotatable bonds is 11. The first-order valence-corrected chi connectivity index (χ1v) is 13.2. The van der Waals surface area contributed by atoms with Gasteiger partial charge in [-0.2, -0.15) is 0 Å². The molecule has 41 heavy (non-hydrogen) atoms. The third kappa shape index (κ3) is 9.02. The topological polar surface area (TPSA) is 127 Å². The molecule has 1 aliphatic rings. The maximum absolute atomic E-state index is 12.6. The van der Waals surface area contributed by atoms with Crippen molar-refractivity contribution in [2.75, 3.05) is 14.2 Å². The monoisotopic (exact) mass is 571 g/mol. The minimum Gasteiger partial charge on any atom is -0.467 e. The zero-order chi connectivity index (χ0) is 30.1. The SMILES string of the molecule is COC(=O)[C@H]1O[C@@H](Oc2ccc(C[C@@H](C)N(C)Cc3ccccc3)cc2)[C@H](OC(C)=O)[C@@H](OC(C)=O)[C@@H]1OC(C)=O. The molecule has 2 aromatic rings. The number of nitrogens with zero attached hydrogens (tertiary/aromatic N) is 1. The summed E-state index contributed by atoms with van der Waals surface area (Å²) in [6.45, 7) is 6.36. The Hall–Kier alpha value is -3.96. The number of likely N-dealkylation sites (N-methyl/N-ethyl adjacent to an activating group) is 1. The highest BCUT2D eigenvalue weighted by Gasteiger charge is 2.55. The second-order valence-corrected chi connectivity index (χ2v) is 9.89. The van der Waals surface area contributed by atoms with Crippen molar-refractivity contribution >= 4 is 23.9 Å². The van der Waals surface area contributed by atoms with Crippen LogP contribution >= 0.6 is 0 Å². The molecule has 6 atom stereocenters. The van der Waals surface area contributed by atoms with E-state index in [0.717, 1.165) is 46.4 Å². The van der Waals surface area contributed by atoms with Crippen LogP contribution in [0.1, 0.15) is 38.8 Å². The Labute approximate surface area is 239 Å². The molecule has 3 rings (SSSR count). The minimum absolute atomic E-state index is 0.250. The molecule has 11 heteroatoms. The Morgan fingerprint density at radius 2 is 1.37 bits per heavy atom. The average molecular weight is 572 g/mol. The van der Waals surface area contributed by atoms with Crippen LogP contribution in [0, 0.1) is 0 Å². The predicted octanol–water partition coefficient (Wildman–Crippen LogP) is 2.82. The number of benzene rings is 2. The Morgan fingerprint density at radius 3 is 1.93 bits per heavy atom. The molecule has 222 valence electrons. The lowest BCUT2D eigenvalue weighted by Gasteiger charge is -2.43. The van der Waals surface area contributed by atoms with Gasteiger partial charge in [-0.05, 0) is 43.7 Å². The molecular formula is C30H37NO10. The van der Waals surface area contributed by atoms with Crippen LogP contribution in [0.5, 0.6) is 5.75 Å². The molecule has 0 radical (unpaired) electrons. The smallest absolute Gasteiger partial charge is 0.339 e. The molecular weight excluding hydrogens is 534 g/mol. The summed E-state index contributed by atoms with van der Waals surface area (Å²) >= 11 is 0. The zero-order valence-corrected chi connectivity index (χ0v) is 24.1. The van der Waals surface area contributed by atoms with Gasteiger partial charge in [0.25, 0.3) is 0 Å². The third-order valence-electron chi connectivity index (χ3n) is 6.57. The van der Waals surface area contributed by atoms with Gasteiger partial charge in [-0.15, -0.1) is 0 Å². The van der Waals surface area contributed by atoms with Crippen LogP contribution in [0.2, 0.25) is 0 Å². The van der Waals surface area contributed by atoms with Gasteiger partial charge in [0.2, 0.25) is 12.4 Å². The molecule has 0 N–H and O–H groups in total. The van der Waals surface area contributed by atoms with Crippen molar-refractivity contribution < 1.29 is 47.6 Å². The zero-order valence-electron chi connectivity index (χ0n) is 24.1. The van der Waals surface area contributed by atoms with Gasteiger partial charge >= 0.3 is 23.9 Å². The fraction of sp³-hybridized carbons (Fsp3) is 0.467. The second-order valence-electron chi connectivity index (χ2n) is 9.89. The lowest BCUT2D eigenvalue weighted by molar-refractivity contribution is -0.282. The standard InChI is InChI=1S/C30H37NO10/c1-18(31(5)17-23-10-8-7-9-11-23)16-22-12-14-24(15-13-22)40-30-28(39-21(4)34)26(38-20(3)33)25(37-19(2)32)27(41-30)29(35)36-6/h7-15,18,25-28,30H,16-17H2,1-6H3/t18-,25+,26+,27+,28-,30-/m1/s1. The molecule has 1 saturated heterocycles. The Morgan fingerprint density at radius 1 is 0.805 bits per heavy atom. The lowest BCUT2D eigenvalue weighted by atomic mass is 9.97. The highest BCUT2D eigenvalue weighted by atomic mass is 16.7. The van der Waals surface area contributed by atoms with Crippen molar-refractivity contribution in [1.29, 1.82) is 0 Å². The van der Waals surface area contributed by atoms with E-state index in [1.807, 2.05) is 30.3 Å². The number of esters is 4. The number of carbonyl (C=O) groups is 4. The highest BCUT2D eigenvalue weighted by molar-refractivity contribution is 5.77. The molecule has 0 bridgehead atoms. The van der Waals surface area contributed by atoms with Crippen LogP contribution in [0.15, 0.2) is 54.6 Å². The van der Waals surface area contributed by atoms with E-state index in [0.29, 0.717) is 5.75 Å². The molecule has 2 aromatic carbocycles. The van der Waals surface area contributed by atoms with Gasteiger partial charge in [-0.3, -0.25) is 19.3 Å². The summed E-state index contributed by atoms with van der Waals surface area (Å²) < 4.78 is 32.7. The van der Waals surface area contributed by atoms with E-state index < -0.39 is 54.6 Å². The van der Waals surface area contributed by atoms with E-state index in [9.17, 15) is 19.2 Å². The van der Waals surface area contributed by atoms with Crippen molar-refractivity contribution in [1.82, 2.24) is 4.90 Å². The number of ether oxygens (including phenoxy) is 6. The normalized spacial score (nSPS) is 22.8. The maximum Gasteiger partial charge on any atom is 0.339 e. The predicted molar refractivity (Wildman–Crippen MR) is 145 cm³/mol. The maximum atomic E-state index is 12.6. The van der Waals surface area contributed by atoms with Crippen LogP contribution in [-0.2, 0) is 55.8 Å². The highest BCUT2D eigenvalue weighted by Crippen LogP contribution is 2.31. The molecule has 1 heterocycles. The number of carbonyl (C=O) groups excluding carboxylic acids is 4. The first-order chi connectivity index (χ1) is 19.5. The van der Waals surface area contributed by atoms with E-state index in [2.05, 4.69) is 31.0 Å². The van der Waals surface area contributed by atoms with Crippen LogP contribution in [0.25, 0.3) is 0 Å². The first kappa shape index (κ1) is 31.6. The van der Waals surface area contributed by atoms with Crippen LogP contribution in [-0.4, -0.2) is 79.7 Å². The summed E-state index contributed by atoms with van der Waals surface area (Å²) in [6.07, 6.45) is -6.38. The summed E-state index contributed by atoms with van der Waals surface area (Å²) in [5.41, 5.74) is 2.29. The van der Waals surface area contributed by atoms with Gasteiger partial charge in [0.15, 0.2) is 18.3 Å². The van der Waals surface area contributed by atoms with E-state index in [4.69, 9.17) is 28.4 Å². The Balaban J connectivity index is 1.79. The molecule has 0 saturated carbocycles. The molecule has 0 unspecified atom stereocenters. The van der Waals surface area contributed by atoms with Crippen LogP contribution in [0.3, 0.4) is 0 Å². The summed E-state index contributed by atoms with van der Waals surface area (Å²) in [7, 11) is 3.20. The minimum atomic E-state index is -1.52. The van der Waals surface area contributed by atoms with E-state index in [-0.39, 0.29) is 6.04 Å². The molecule has 0 aliphatic carbocycles. The lowest BCUT2D eigenvalue weighted by Crippen LogP contribution is -2.64. The van der Waals surface area contributed by atoms with Gasteiger partial charge in [-0.1, -0.05) is 42.5 Å². The number of methoxy groups -OCH3 is 1. The van der Waals surface area contributed by atoms with Gasteiger partial charge in [0.1, 0.15) is 5.75 Å². The van der Waals surface area contributed by atoms with Crippen molar-refractivity contribution in [2.45, 2.75) is 77.4 Å². The molecule has 0 spiro atoms. The molecule has 0 aromatic heterocycles. The summed E-state index contributed by atoms with van der Waals surface area (Å²) in [4.78, 5) is 50.6. The van der Waals surface area contributed by atoms with Crippen molar-refractivity contribution in [3.63, 3.8) is 0 Å². The fourth-order valence-corrected chi connectivity index (χ4v) is 4.54. The average Bonchev–Trinajstić information content (AvgIpc) is 2.92. The van der Waals surface area contributed by atoms with E-state index in [1.165, 1.54) is 5.56 Å². The van der Waals surface area contributed by atoms with Crippen molar-refractivity contribution in [3.8, 4) is 5.75 Å². The number of hydrogen-bond acceptors (Lipinski definition) is 11. The van der Waals surface area contributed by atoms with Gasteiger partial charge in [-0.25, -0.2) is 4.79 Å². The molecule has 1 fully saturated rings. The van der Waals surface area contributed by atoms with Crippen LogP contribution < -0.4 is 4.74 Å². The first-order valence-electron chi connectivity index (χ1n) is 13.2. The van der Waals surface area contributed by atoms with E-state index in [1.54, 1.807) is 12.1 Å². The molecule has 11 nitrogen and oxygen atoms in total. The largest absolute Gasteiger partial charge is 0.467 e. The summed E-state index contributed by atoms with van der Waals surface area (Å²) in [5, 5.41) is 0. The quantitative estimate of drug-likeness (QED) is 0.292. The Bertz CT molecular complexity index is 1190. The molecule has 1 aliphatic heterocycles. The second kappa shape index (κ2) is 14.6. The van der Waals surface area contributed by atoms with Gasteiger partial charge in [0, 0.05) is 33.4 Å². The Kier molecular flexibility index (Phi) is 11.2. The van der Waals surface area contributed by atoms with Crippen molar-refractivity contribution in [3.05, 3.63) is 65.7 Å². The fourth-order valence-electron chi connectivity index (χ4n) is 4.54. The van der Waals surface area contributed by atoms with Gasteiger partial charge < -0.3 is 28.4 Å². The van der Waals surface area contributed by atoms with Crippen molar-refractivity contribution in [2.24, 2.45) is 0 Å².